The second-order valence-corrected chi connectivity index (χ2v) is 7.20. The average Bonchev–Trinajstić information content (AvgIpc) is 3.50. The quantitative estimate of drug-likeness (QED) is 0.484. The monoisotopic (exact) mass is 402 g/mol. The highest BCUT2D eigenvalue weighted by Gasteiger charge is 2.21. The molecule has 0 bridgehead atoms. The van der Waals surface area contributed by atoms with Gasteiger partial charge in [-0.3, -0.25) is 0 Å². The molecule has 1 saturated heterocycles. The van der Waals surface area contributed by atoms with Crippen molar-refractivity contribution in [2.75, 3.05) is 32.2 Å². The molecule has 0 amide bonds. The van der Waals surface area contributed by atoms with Gasteiger partial charge in [-0.25, -0.2) is 4.98 Å². The van der Waals surface area contributed by atoms with Crippen molar-refractivity contribution in [2.24, 2.45) is 0 Å². The van der Waals surface area contributed by atoms with Crippen molar-refractivity contribution in [1.29, 1.82) is 0 Å². The van der Waals surface area contributed by atoms with Gasteiger partial charge in [0.25, 0.3) is 5.89 Å². The Labute approximate surface area is 174 Å². The highest BCUT2D eigenvalue weighted by atomic mass is 16.5. The minimum atomic E-state index is 0.448. The summed E-state index contributed by atoms with van der Waals surface area (Å²) >= 11 is 0. The van der Waals surface area contributed by atoms with Crippen molar-refractivity contribution in [3.8, 4) is 34.3 Å². The zero-order chi connectivity index (χ0) is 20.5. The Morgan fingerprint density at radius 2 is 1.73 bits per heavy atom. The molecule has 0 N–H and O–H groups in total. The molecule has 0 spiro atoms. The molecule has 2 aromatic carbocycles. The van der Waals surface area contributed by atoms with Gasteiger partial charge in [0.05, 0.1) is 30.9 Å². The van der Waals surface area contributed by atoms with Gasteiger partial charge in [-0.15, -0.1) is 0 Å². The van der Waals surface area contributed by atoms with Gasteiger partial charge in [0, 0.05) is 18.5 Å². The van der Waals surface area contributed by atoms with E-state index in [1.165, 1.54) is 12.8 Å². The van der Waals surface area contributed by atoms with Gasteiger partial charge in [0.15, 0.2) is 11.5 Å². The molecule has 0 atom stereocenters. The zero-order valence-electron chi connectivity index (χ0n) is 17.0. The summed E-state index contributed by atoms with van der Waals surface area (Å²) in [4.78, 5) is 11.9. The summed E-state index contributed by atoms with van der Waals surface area (Å²) in [6, 6.07) is 15.7. The number of ether oxygens (including phenoxy) is 2. The molecule has 152 valence electrons. The molecule has 7 nitrogen and oxygen atoms in total. The summed E-state index contributed by atoms with van der Waals surface area (Å²) < 4.78 is 16.6. The number of hydrogen-bond acceptors (Lipinski definition) is 7. The Balaban J connectivity index is 1.63. The van der Waals surface area contributed by atoms with E-state index in [9.17, 15) is 0 Å². The Kier molecular flexibility index (Phi) is 4.71. The van der Waals surface area contributed by atoms with Crippen LogP contribution in [-0.4, -0.2) is 42.4 Å². The number of benzene rings is 2. The van der Waals surface area contributed by atoms with Crippen LogP contribution in [0.5, 0.6) is 11.5 Å². The van der Waals surface area contributed by atoms with Gasteiger partial charge in [0.1, 0.15) is 5.82 Å². The number of pyridine rings is 1. The fourth-order valence-corrected chi connectivity index (χ4v) is 3.95. The lowest BCUT2D eigenvalue weighted by molar-refractivity contribution is 0.355. The topological polar surface area (TPSA) is 73.5 Å². The molecule has 1 aliphatic rings. The largest absolute Gasteiger partial charge is 0.493 e. The number of aromatic nitrogens is 3. The van der Waals surface area contributed by atoms with Crippen molar-refractivity contribution in [2.45, 2.75) is 12.8 Å². The van der Waals surface area contributed by atoms with Gasteiger partial charge in [-0.1, -0.05) is 29.4 Å². The second-order valence-electron chi connectivity index (χ2n) is 7.20. The van der Waals surface area contributed by atoms with Crippen LogP contribution in [0.4, 0.5) is 5.82 Å². The third kappa shape index (κ3) is 3.12. The first kappa shape index (κ1) is 18.4. The molecule has 3 heterocycles. The smallest absolute Gasteiger partial charge is 0.259 e. The second kappa shape index (κ2) is 7.67. The summed E-state index contributed by atoms with van der Waals surface area (Å²) in [6.45, 7) is 2.03. The van der Waals surface area contributed by atoms with Crippen LogP contribution in [0.3, 0.4) is 0 Å². The van der Waals surface area contributed by atoms with E-state index >= 15 is 0 Å². The molecule has 0 unspecified atom stereocenters. The summed E-state index contributed by atoms with van der Waals surface area (Å²) in [5, 5.41) is 5.21. The maximum Gasteiger partial charge on any atom is 0.259 e. The van der Waals surface area contributed by atoms with Crippen molar-refractivity contribution in [3.05, 3.63) is 48.5 Å². The highest BCUT2D eigenvalue weighted by Crippen LogP contribution is 2.38. The Morgan fingerprint density at radius 1 is 0.900 bits per heavy atom. The van der Waals surface area contributed by atoms with Crippen LogP contribution in [0.1, 0.15) is 12.8 Å². The van der Waals surface area contributed by atoms with E-state index < -0.39 is 0 Å². The standard InChI is InChI=1S/C23H22N4O3/c1-28-19-11-7-9-16(21(19)29-2)22-25-23(30-26-22)17-14-20(27-12-5-6-13-27)24-18-10-4-3-8-15(17)18/h3-4,7-11,14H,5-6,12-13H2,1-2H3. The molecular formula is C23H22N4O3. The fourth-order valence-electron chi connectivity index (χ4n) is 3.95. The zero-order valence-corrected chi connectivity index (χ0v) is 17.0. The lowest BCUT2D eigenvalue weighted by atomic mass is 10.1. The molecule has 30 heavy (non-hydrogen) atoms. The number of anilines is 1. The maximum absolute atomic E-state index is 5.70. The average molecular weight is 402 g/mol. The van der Waals surface area contributed by atoms with E-state index in [0.29, 0.717) is 28.8 Å². The van der Waals surface area contributed by atoms with Crippen molar-refractivity contribution >= 4 is 16.7 Å². The Bertz CT molecular complexity index is 1200. The van der Waals surface area contributed by atoms with E-state index in [-0.39, 0.29) is 0 Å². The van der Waals surface area contributed by atoms with Gasteiger partial charge >= 0.3 is 0 Å². The van der Waals surface area contributed by atoms with Crippen LogP contribution in [0.25, 0.3) is 33.7 Å². The van der Waals surface area contributed by atoms with Crippen LogP contribution in [0.2, 0.25) is 0 Å². The Morgan fingerprint density at radius 3 is 2.53 bits per heavy atom. The molecule has 1 fully saturated rings. The minimum absolute atomic E-state index is 0.448. The SMILES string of the molecule is COc1cccc(-c2noc(-c3cc(N4CCCC4)nc4ccccc34)n2)c1OC. The van der Waals surface area contributed by atoms with E-state index in [1.807, 2.05) is 48.5 Å². The molecule has 0 saturated carbocycles. The van der Waals surface area contributed by atoms with E-state index in [1.54, 1.807) is 14.2 Å². The summed E-state index contributed by atoms with van der Waals surface area (Å²) in [6.07, 6.45) is 2.37. The number of para-hydroxylation sites is 2. The summed E-state index contributed by atoms with van der Waals surface area (Å²) in [7, 11) is 3.20. The molecule has 5 rings (SSSR count). The molecular weight excluding hydrogens is 380 g/mol. The number of hydrogen-bond donors (Lipinski definition) is 0. The summed E-state index contributed by atoms with van der Waals surface area (Å²) in [5.74, 6) is 3.04. The summed E-state index contributed by atoms with van der Waals surface area (Å²) in [5.41, 5.74) is 2.50. The van der Waals surface area contributed by atoms with Crippen molar-refractivity contribution < 1.29 is 14.0 Å². The normalized spacial score (nSPS) is 13.7. The highest BCUT2D eigenvalue weighted by molar-refractivity contribution is 5.94. The van der Waals surface area contributed by atoms with Crippen molar-refractivity contribution in [1.82, 2.24) is 15.1 Å². The van der Waals surface area contributed by atoms with E-state index in [0.717, 1.165) is 35.4 Å². The predicted octanol–water partition coefficient (Wildman–Crippen LogP) is 4.57. The van der Waals surface area contributed by atoms with Gasteiger partial charge in [0.2, 0.25) is 5.82 Å². The first-order valence-corrected chi connectivity index (χ1v) is 9.98. The number of nitrogens with zero attached hydrogens (tertiary/aromatic N) is 4. The molecule has 2 aromatic heterocycles. The van der Waals surface area contributed by atoms with Crippen LogP contribution < -0.4 is 14.4 Å². The van der Waals surface area contributed by atoms with E-state index in [4.69, 9.17) is 24.0 Å². The van der Waals surface area contributed by atoms with Gasteiger partial charge < -0.3 is 18.9 Å². The lowest BCUT2D eigenvalue weighted by Crippen LogP contribution is -2.19. The van der Waals surface area contributed by atoms with Crippen LogP contribution >= 0.6 is 0 Å². The van der Waals surface area contributed by atoms with Crippen LogP contribution in [-0.2, 0) is 0 Å². The van der Waals surface area contributed by atoms with Crippen molar-refractivity contribution in [3.63, 3.8) is 0 Å². The molecule has 7 heteroatoms. The first-order chi connectivity index (χ1) is 14.8. The Hall–Kier alpha value is -3.61. The number of fused-ring (bicyclic) bond motifs is 1. The van der Waals surface area contributed by atoms with Gasteiger partial charge in [-0.05, 0) is 37.1 Å². The van der Waals surface area contributed by atoms with Gasteiger partial charge in [-0.2, -0.15) is 4.98 Å². The van der Waals surface area contributed by atoms with Crippen LogP contribution in [0.15, 0.2) is 53.1 Å². The maximum atomic E-state index is 5.70. The minimum Gasteiger partial charge on any atom is -0.493 e. The first-order valence-electron chi connectivity index (χ1n) is 9.98. The predicted molar refractivity (Wildman–Crippen MR) is 115 cm³/mol. The fraction of sp³-hybridized carbons (Fsp3) is 0.261. The third-order valence-electron chi connectivity index (χ3n) is 5.43. The van der Waals surface area contributed by atoms with Crippen LogP contribution in [0, 0.1) is 0 Å². The third-order valence-corrected chi connectivity index (χ3v) is 5.43. The van der Waals surface area contributed by atoms with E-state index in [2.05, 4.69) is 10.1 Å². The molecule has 0 radical (unpaired) electrons. The lowest BCUT2D eigenvalue weighted by Gasteiger charge is -2.17. The number of rotatable bonds is 5. The molecule has 0 aliphatic carbocycles. The molecule has 4 aromatic rings. The molecule has 1 aliphatic heterocycles. The number of methoxy groups -OCH3 is 2.